The molecular formula is C22H28N4O3. The highest BCUT2D eigenvalue weighted by molar-refractivity contribution is 6.06. The third-order valence-corrected chi connectivity index (χ3v) is 5.49. The van der Waals surface area contributed by atoms with Crippen LogP contribution in [-0.2, 0) is 22.3 Å². The minimum atomic E-state index is -0.113. The van der Waals surface area contributed by atoms with Gasteiger partial charge in [0.15, 0.2) is 0 Å². The number of carbonyl (C=O) groups is 1. The molecule has 0 bridgehead atoms. The Morgan fingerprint density at radius 3 is 2.97 bits per heavy atom. The number of fused-ring (bicyclic) bond motifs is 1. The number of hydrogen-bond donors (Lipinski definition) is 1. The first kappa shape index (κ1) is 19.8. The maximum Gasteiger partial charge on any atom is 0.256 e. The number of ether oxygens (including phenoxy) is 2. The van der Waals surface area contributed by atoms with Crippen molar-refractivity contribution in [2.75, 3.05) is 43.1 Å². The fraction of sp³-hybridized carbons (Fsp3) is 0.500. The average molecular weight is 396 g/mol. The summed E-state index contributed by atoms with van der Waals surface area (Å²) in [5.74, 6) is 0.737. The van der Waals surface area contributed by atoms with Gasteiger partial charge in [-0.25, -0.2) is 4.98 Å². The molecule has 0 radical (unpaired) electrons. The zero-order chi connectivity index (χ0) is 20.2. The summed E-state index contributed by atoms with van der Waals surface area (Å²) >= 11 is 0. The number of anilines is 2. The Bertz CT molecular complexity index is 886. The van der Waals surface area contributed by atoms with Crippen LogP contribution < -0.4 is 10.2 Å². The Balaban J connectivity index is 1.68. The Kier molecular flexibility index (Phi) is 6.06. The molecule has 1 fully saturated rings. The molecule has 2 aliphatic rings. The number of nitrogens with one attached hydrogen (secondary N) is 1. The molecule has 29 heavy (non-hydrogen) atoms. The highest BCUT2D eigenvalue weighted by atomic mass is 16.5. The molecule has 1 saturated heterocycles. The van der Waals surface area contributed by atoms with Gasteiger partial charge in [0.2, 0.25) is 0 Å². The van der Waals surface area contributed by atoms with E-state index >= 15 is 0 Å². The van der Waals surface area contributed by atoms with Gasteiger partial charge in [0, 0.05) is 48.3 Å². The monoisotopic (exact) mass is 396 g/mol. The van der Waals surface area contributed by atoms with Gasteiger partial charge in [0.25, 0.3) is 5.91 Å². The first-order valence-electron chi connectivity index (χ1n) is 10.3. The van der Waals surface area contributed by atoms with E-state index in [-0.39, 0.29) is 12.0 Å². The summed E-state index contributed by atoms with van der Waals surface area (Å²) in [5.41, 5.74) is 4.26. The van der Waals surface area contributed by atoms with Crippen molar-refractivity contribution < 1.29 is 14.3 Å². The summed E-state index contributed by atoms with van der Waals surface area (Å²) < 4.78 is 11.5. The van der Waals surface area contributed by atoms with Gasteiger partial charge in [-0.15, -0.1) is 0 Å². The summed E-state index contributed by atoms with van der Waals surface area (Å²) in [6.07, 6.45) is 4.28. The van der Waals surface area contributed by atoms with Crippen molar-refractivity contribution in [3.8, 4) is 0 Å². The van der Waals surface area contributed by atoms with Crippen molar-refractivity contribution in [1.82, 2.24) is 9.97 Å². The van der Waals surface area contributed by atoms with Crippen LogP contribution in [0.5, 0.6) is 0 Å². The molecule has 2 aromatic rings. The zero-order valence-electron chi connectivity index (χ0n) is 17.1. The second-order valence-corrected chi connectivity index (χ2v) is 7.55. The highest BCUT2D eigenvalue weighted by Crippen LogP contribution is 2.26. The molecule has 4 rings (SSSR count). The van der Waals surface area contributed by atoms with E-state index in [0.717, 1.165) is 54.4 Å². The lowest BCUT2D eigenvalue weighted by molar-refractivity contribution is 0.0381. The molecule has 0 spiro atoms. The van der Waals surface area contributed by atoms with E-state index in [2.05, 4.69) is 22.1 Å². The van der Waals surface area contributed by atoms with E-state index in [1.807, 2.05) is 25.1 Å². The van der Waals surface area contributed by atoms with Crippen LogP contribution >= 0.6 is 0 Å². The smallest absolute Gasteiger partial charge is 0.256 e. The van der Waals surface area contributed by atoms with Crippen LogP contribution in [0.25, 0.3) is 0 Å². The molecule has 7 nitrogen and oxygen atoms in total. The van der Waals surface area contributed by atoms with Gasteiger partial charge in [-0.2, -0.15) is 0 Å². The molecule has 154 valence electrons. The Morgan fingerprint density at radius 1 is 1.28 bits per heavy atom. The lowest BCUT2D eigenvalue weighted by Crippen LogP contribution is -2.42. The summed E-state index contributed by atoms with van der Waals surface area (Å²) in [4.78, 5) is 24.6. The van der Waals surface area contributed by atoms with Crippen LogP contribution in [0, 0.1) is 6.92 Å². The van der Waals surface area contributed by atoms with Crippen LogP contribution in [0.4, 0.5) is 11.5 Å². The van der Waals surface area contributed by atoms with Crippen molar-refractivity contribution in [2.24, 2.45) is 0 Å². The van der Waals surface area contributed by atoms with Crippen LogP contribution in [0.1, 0.15) is 40.7 Å². The second kappa shape index (κ2) is 8.88. The lowest BCUT2D eigenvalue weighted by atomic mass is 10.0. The summed E-state index contributed by atoms with van der Waals surface area (Å²) in [5, 5.41) is 3.03. The third kappa shape index (κ3) is 4.57. The first-order valence-corrected chi connectivity index (χ1v) is 10.3. The minimum absolute atomic E-state index is 0.113. The maximum atomic E-state index is 13.2. The number of amides is 1. The predicted molar refractivity (Wildman–Crippen MR) is 112 cm³/mol. The Morgan fingerprint density at radius 2 is 2.14 bits per heavy atom. The third-order valence-electron chi connectivity index (χ3n) is 5.49. The van der Waals surface area contributed by atoms with Gasteiger partial charge >= 0.3 is 0 Å². The summed E-state index contributed by atoms with van der Waals surface area (Å²) in [6, 6.07) is 5.61. The number of nitrogens with zero attached hydrogens (tertiary/aromatic N) is 3. The quantitative estimate of drug-likeness (QED) is 0.856. The largest absolute Gasteiger partial charge is 0.381 e. The topological polar surface area (TPSA) is 76.6 Å². The minimum Gasteiger partial charge on any atom is -0.381 e. The molecule has 0 aliphatic carbocycles. The van der Waals surface area contributed by atoms with Gasteiger partial charge < -0.3 is 19.7 Å². The van der Waals surface area contributed by atoms with Gasteiger partial charge in [-0.05, 0) is 43.5 Å². The number of pyridine rings is 2. The van der Waals surface area contributed by atoms with E-state index < -0.39 is 0 Å². The molecule has 4 heterocycles. The van der Waals surface area contributed by atoms with Gasteiger partial charge in [-0.1, -0.05) is 6.92 Å². The molecule has 0 saturated carbocycles. The fourth-order valence-corrected chi connectivity index (χ4v) is 3.90. The zero-order valence-corrected chi connectivity index (χ0v) is 17.1. The van der Waals surface area contributed by atoms with E-state index in [4.69, 9.17) is 14.5 Å². The number of hydrogen-bond acceptors (Lipinski definition) is 6. The molecule has 0 aromatic carbocycles. The van der Waals surface area contributed by atoms with Gasteiger partial charge in [0.1, 0.15) is 5.82 Å². The molecule has 2 aliphatic heterocycles. The average Bonchev–Trinajstić information content (AvgIpc) is 2.98. The van der Waals surface area contributed by atoms with Crippen LogP contribution in [0.15, 0.2) is 24.4 Å². The predicted octanol–water partition coefficient (Wildman–Crippen LogP) is 2.77. The number of aryl methyl sites for hydroxylation is 1. The lowest BCUT2D eigenvalue weighted by Gasteiger charge is -2.34. The van der Waals surface area contributed by atoms with Crippen molar-refractivity contribution in [3.63, 3.8) is 0 Å². The van der Waals surface area contributed by atoms with E-state index in [1.165, 1.54) is 0 Å². The Labute approximate surface area is 171 Å². The summed E-state index contributed by atoms with van der Waals surface area (Å²) in [7, 11) is 0. The van der Waals surface area contributed by atoms with E-state index in [9.17, 15) is 4.79 Å². The van der Waals surface area contributed by atoms with Crippen molar-refractivity contribution in [3.05, 3.63) is 46.9 Å². The molecule has 1 atom stereocenters. The van der Waals surface area contributed by atoms with Crippen LogP contribution in [-0.4, -0.2) is 54.9 Å². The highest BCUT2D eigenvalue weighted by Gasteiger charge is 2.25. The molecule has 7 heteroatoms. The molecular weight excluding hydrogens is 368 g/mol. The molecule has 1 amide bonds. The molecule has 1 N–H and O–H groups in total. The van der Waals surface area contributed by atoms with Crippen LogP contribution in [0.2, 0.25) is 0 Å². The SMILES string of the molecule is CC[C@@H]1CN(c2cc(C(=O)Nc3ccnc(C)c3)c3c(n2)CCOCC3)CCO1. The Hall–Kier alpha value is -2.51. The molecule has 0 unspecified atom stereocenters. The second-order valence-electron chi connectivity index (χ2n) is 7.55. The van der Waals surface area contributed by atoms with E-state index in [1.54, 1.807) is 6.20 Å². The van der Waals surface area contributed by atoms with Gasteiger partial charge in [0.05, 0.1) is 25.9 Å². The normalized spacial score (nSPS) is 19.4. The number of rotatable bonds is 4. The maximum absolute atomic E-state index is 13.2. The summed E-state index contributed by atoms with van der Waals surface area (Å²) in [6.45, 7) is 7.54. The van der Waals surface area contributed by atoms with Crippen molar-refractivity contribution >= 4 is 17.4 Å². The van der Waals surface area contributed by atoms with E-state index in [0.29, 0.717) is 31.8 Å². The fourth-order valence-electron chi connectivity index (χ4n) is 3.90. The van der Waals surface area contributed by atoms with Gasteiger partial charge in [-0.3, -0.25) is 9.78 Å². The number of aromatic nitrogens is 2. The number of morpholine rings is 1. The number of carbonyl (C=O) groups excluding carboxylic acids is 1. The van der Waals surface area contributed by atoms with Crippen molar-refractivity contribution in [1.29, 1.82) is 0 Å². The van der Waals surface area contributed by atoms with Crippen molar-refractivity contribution in [2.45, 2.75) is 39.2 Å². The first-order chi connectivity index (χ1) is 14.1. The standard InChI is InChI=1S/C22H28N4O3/c1-3-17-14-26(8-11-29-17)21-13-19(18-5-9-28-10-6-20(18)25-21)22(27)24-16-4-7-23-15(2)12-16/h4,7,12-13,17H,3,5-6,8-11,14H2,1-2H3,(H,23,24,27)/t17-/m1/s1. The van der Waals surface area contributed by atoms with Crippen LogP contribution in [0.3, 0.4) is 0 Å². The molecule has 2 aromatic heterocycles.